The van der Waals surface area contributed by atoms with Crippen molar-refractivity contribution >= 4 is 0 Å². The molecule has 0 fully saturated rings. The Morgan fingerprint density at radius 2 is 1.95 bits per heavy atom. The molecule has 0 aliphatic carbocycles. The fourth-order valence-corrected chi connectivity index (χ4v) is 2.51. The summed E-state index contributed by atoms with van der Waals surface area (Å²) in [6, 6.07) is 0.351. The van der Waals surface area contributed by atoms with Crippen molar-refractivity contribution in [3.05, 3.63) is 17.0 Å². The molecule has 4 nitrogen and oxygen atoms in total. The third-order valence-electron chi connectivity index (χ3n) is 4.19. The molecule has 1 atom stereocenters. The van der Waals surface area contributed by atoms with E-state index < -0.39 is 0 Å². The first kappa shape index (κ1) is 17.2. The zero-order chi connectivity index (χ0) is 15.3. The maximum Gasteiger partial charge on any atom is 0.0672 e. The van der Waals surface area contributed by atoms with E-state index >= 15 is 0 Å². The van der Waals surface area contributed by atoms with Gasteiger partial charge in [-0.3, -0.25) is 4.68 Å². The Hall–Kier alpha value is -0.870. The molecule has 0 aliphatic heterocycles. The Labute approximate surface area is 123 Å². The van der Waals surface area contributed by atoms with Gasteiger partial charge in [0.2, 0.25) is 0 Å². The molecule has 1 aromatic heterocycles. The lowest BCUT2D eigenvalue weighted by Crippen LogP contribution is -2.25. The average Bonchev–Trinajstić information content (AvgIpc) is 2.82. The molecular formula is C16H31N3O. The van der Waals surface area contributed by atoms with Crippen LogP contribution in [-0.4, -0.2) is 29.5 Å². The summed E-state index contributed by atoms with van der Waals surface area (Å²) in [5.41, 5.74) is 3.86. The molecule has 1 rings (SSSR count). The van der Waals surface area contributed by atoms with Crippen LogP contribution in [0.3, 0.4) is 0 Å². The number of ether oxygens (including phenoxy) is 1. The lowest BCUT2D eigenvalue weighted by atomic mass is 10.0. The Morgan fingerprint density at radius 3 is 2.40 bits per heavy atom. The fraction of sp³-hybridized carbons (Fsp3) is 0.812. The summed E-state index contributed by atoms with van der Waals surface area (Å²) in [5, 5.41) is 8.18. The molecule has 4 heteroatoms. The van der Waals surface area contributed by atoms with Crippen LogP contribution < -0.4 is 5.32 Å². The van der Waals surface area contributed by atoms with Crippen LogP contribution in [0.5, 0.6) is 0 Å². The van der Waals surface area contributed by atoms with Gasteiger partial charge in [0.05, 0.1) is 11.3 Å². The number of hydrogen-bond acceptors (Lipinski definition) is 3. The highest BCUT2D eigenvalue weighted by atomic mass is 16.5. The van der Waals surface area contributed by atoms with Crippen molar-refractivity contribution < 1.29 is 4.74 Å². The largest absolute Gasteiger partial charge is 0.379 e. The van der Waals surface area contributed by atoms with Crippen LogP contribution in [-0.2, 0) is 24.1 Å². The van der Waals surface area contributed by atoms with Crippen molar-refractivity contribution in [2.45, 2.75) is 72.1 Å². The number of aromatic nitrogens is 2. The van der Waals surface area contributed by atoms with E-state index in [1.807, 2.05) is 7.05 Å². The number of methoxy groups -OCH3 is 1. The first-order chi connectivity index (χ1) is 9.40. The summed E-state index contributed by atoms with van der Waals surface area (Å²) >= 11 is 0. The van der Waals surface area contributed by atoms with E-state index in [2.05, 4.69) is 44.6 Å². The maximum absolute atomic E-state index is 5.51. The number of nitrogens with zero attached hydrogens (tertiary/aromatic N) is 2. The van der Waals surface area contributed by atoms with Crippen LogP contribution >= 0.6 is 0 Å². The Morgan fingerprint density at radius 1 is 1.30 bits per heavy atom. The lowest BCUT2D eigenvalue weighted by molar-refractivity contribution is 0.0111. The van der Waals surface area contributed by atoms with Crippen LogP contribution in [0.15, 0.2) is 0 Å². The summed E-state index contributed by atoms with van der Waals surface area (Å²) < 4.78 is 7.69. The van der Waals surface area contributed by atoms with Gasteiger partial charge in [-0.1, -0.05) is 13.8 Å². The number of nitrogens with one attached hydrogen (secondary N) is 1. The van der Waals surface area contributed by atoms with Crippen LogP contribution in [0.4, 0.5) is 0 Å². The van der Waals surface area contributed by atoms with E-state index in [1.165, 1.54) is 17.0 Å². The molecule has 0 amide bonds. The van der Waals surface area contributed by atoms with E-state index in [1.54, 1.807) is 7.11 Å². The van der Waals surface area contributed by atoms with Gasteiger partial charge in [-0.15, -0.1) is 0 Å². The van der Waals surface area contributed by atoms with E-state index in [0.717, 1.165) is 25.8 Å². The molecule has 116 valence electrons. The van der Waals surface area contributed by atoms with E-state index in [-0.39, 0.29) is 5.60 Å². The van der Waals surface area contributed by atoms with Crippen molar-refractivity contribution in [2.24, 2.45) is 0 Å². The summed E-state index contributed by atoms with van der Waals surface area (Å²) in [4.78, 5) is 0. The van der Waals surface area contributed by atoms with Crippen molar-refractivity contribution in [3.8, 4) is 0 Å². The van der Waals surface area contributed by atoms with Gasteiger partial charge in [0.15, 0.2) is 0 Å². The quantitative estimate of drug-likeness (QED) is 0.796. The first-order valence-electron chi connectivity index (χ1n) is 7.71. The van der Waals surface area contributed by atoms with Crippen LogP contribution in [0.1, 0.15) is 64.0 Å². The average molecular weight is 281 g/mol. The molecule has 1 unspecified atom stereocenters. The minimum atomic E-state index is -0.0991. The van der Waals surface area contributed by atoms with Crippen LogP contribution in [0.2, 0.25) is 0 Å². The molecule has 0 radical (unpaired) electrons. The van der Waals surface area contributed by atoms with E-state index in [9.17, 15) is 0 Å². The van der Waals surface area contributed by atoms with Crippen molar-refractivity contribution in [1.82, 2.24) is 15.1 Å². The van der Waals surface area contributed by atoms with Gasteiger partial charge in [0.1, 0.15) is 0 Å². The lowest BCUT2D eigenvalue weighted by Gasteiger charge is -2.23. The maximum atomic E-state index is 5.51. The van der Waals surface area contributed by atoms with Gasteiger partial charge >= 0.3 is 0 Å². The monoisotopic (exact) mass is 281 g/mol. The molecule has 0 spiro atoms. The topological polar surface area (TPSA) is 39.1 Å². The van der Waals surface area contributed by atoms with Crippen molar-refractivity contribution in [3.63, 3.8) is 0 Å². The Kier molecular flexibility index (Phi) is 6.21. The predicted octanol–water partition coefficient (Wildman–Crippen LogP) is 3.10. The molecule has 20 heavy (non-hydrogen) atoms. The summed E-state index contributed by atoms with van der Waals surface area (Å²) in [6.45, 7) is 11.8. The smallest absolute Gasteiger partial charge is 0.0672 e. The number of aryl methyl sites for hydroxylation is 2. The fourth-order valence-electron chi connectivity index (χ4n) is 2.51. The van der Waals surface area contributed by atoms with Crippen LogP contribution in [0, 0.1) is 0 Å². The second-order valence-electron chi connectivity index (χ2n) is 5.96. The van der Waals surface area contributed by atoms with Gasteiger partial charge in [0.25, 0.3) is 0 Å². The van der Waals surface area contributed by atoms with Gasteiger partial charge < -0.3 is 10.1 Å². The second-order valence-corrected chi connectivity index (χ2v) is 5.96. The second kappa shape index (κ2) is 7.23. The summed E-state index contributed by atoms with van der Waals surface area (Å²) in [7, 11) is 3.78. The minimum absolute atomic E-state index is 0.0991. The van der Waals surface area contributed by atoms with Gasteiger partial charge in [-0.25, -0.2) is 0 Å². The van der Waals surface area contributed by atoms with Gasteiger partial charge in [-0.2, -0.15) is 5.10 Å². The molecule has 0 aromatic carbocycles. The Balaban J connectivity index is 3.05. The molecular weight excluding hydrogens is 250 g/mol. The summed E-state index contributed by atoms with van der Waals surface area (Å²) in [6.07, 6.45) is 2.96. The van der Waals surface area contributed by atoms with E-state index in [4.69, 9.17) is 9.84 Å². The Bertz CT molecular complexity index is 424. The van der Waals surface area contributed by atoms with E-state index in [0.29, 0.717) is 6.04 Å². The van der Waals surface area contributed by atoms with Gasteiger partial charge in [-0.05, 0) is 47.1 Å². The normalized spacial score (nSPS) is 13.8. The third kappa shape index (κ3) is 3.83. The predicted molar refractivity (Wildman–Crippen MR) is 84.2 cm³/mol. The zero-order valence-electron chi connectivity index (χ0n) is 14.2. The highest BCUT2D eigenvalue weighted by Gasteiger charge is 2.22. The zero-order valence-corrected chi connectivity index (χ0v) is 14.2. The molecule has 0 aliphatic rings. The molecule has 1 aromatic rings. The molecule has 0 saturated carbocycles. The number of rotatable bonds is 8. The number of hydrogen-bond donors (Lipinski definition) is 1. The molecule has 1 heterocycles. The standard InChI is InChI=1S/C16H31N3O/c1-8-13-15(12(3)17-6)14(9-2)19(18-13)11-10-16(4,5)20-7/h12,17H,8-11H2,1-7H3. The molecule has 0 saturated heterocycles. The SMILES string of the molecule is CCc1nn(CCC(C)(C)OC)c(CC)c1C(C)NC. The van der Waals surface area contributed by atoms with Crippen LogP contribution in [0.25, 0.3) is 0 Å². The molecule has 1 N–H and O–H groups in total. The highest BCUT2D eigenvalue weighted by molar-refractivity contribution is 5.30. The highest BCUT2D eigenvalue weighted by Crippen LogP contribution is 2.24. The molecule has 0 bridgehead atoms. The van der Waals surface area contributed by atoms with Gasteiger partial charge in [0, 0.05) is 31.0 Å². The minimum Gasteiger partial charge on any atom is -0.379 e. The third-order valence-corrected chi connectivity index (χ3v) is 4.19. The van der Waals surface area contributed by atoms with Crippen molar-refractivity contribution in [2.75, 3.05) is 14.2 Å². The van der Waals surface area contributed by atoms with Crippen molar-refractivity contribution in [1.29, 1.82) is 0 Å². The summed E-state index contributed by atoms with van der Waals surface area (Å²) in [5.74, 6) is 0. The first-order valence-corrected chi connectivity index (χ1v) is 7.71.